The molecule has 0 aliphatic rings. The Morgan fingerprint density at radius 3 is 2.14 bits per heavy atom. The highest BCUT2D eigenvalue weighted by molar-refractivity contribution is 7.98. The lowest BCUT2D eigenvalue weighted by molar-refractivity contribution is -0.145. The van der Waals surface area contributed by atoms with Crippen LogP contribution >= 0.6 is 11.8 Å². The van der Waals surface area contributed by atoms with Crippen molar-refractivity contribution in [1.29, 1.82) is 0 Å². The van der Waals surface area contributed by atoms with Crippen LogP contribution in [-0.4, -0.2) is 33.0 Å². The second-order valence-electron chi connectivity index (χ2n) is 10.7. The van der Waals surface area contributed by atoms with Gasteiger partial charge in [-0.25, -0.2) is 4.79 Å². The molecule has 43 heavy (non-hydrogen) atoms. The summed E-state index contributed by atoms with van der Waals surface area (Å²) in [6, 6.07) is 21.7. The van der Waals surface area contributed by atoms with Crippen LogP contribution in [0.5, 0.6) is 11.5 Å². The second-order valence-corrected chi connectivity index (χ2v) is 11.7. The van der Waals surface area contributed by atoms with Crippen molar-refractivity contribution in [3.05, 3.63) is 100 Å². The normalized spacial score (nSPS) is 11.8. The Morgan fingerprint density at radius 1 is 0.884 bits per heavy atom. The molecule has 0 saturated carbocycles. The van der Waals surface area contributed by atoms with Gasteiger partial charge in [0.05, 0.1) is 13.7 Å². The smallest absolute Gasteiger partial charge is 0.349 e. The van der Waals surface area contributed by atoms with Crippen molar-refractivity contribution in [2.75, 3.05) is 7.11 Å². The van der Waals surface area contributed by atoms with Gasteiger partial charge in [0, 0.05) is 17.7 Å². The van der Waals surface area contributed by atoms with Crippen LogP contribution in [0.3, 0.4) is 0 Å². The van der Waals surface area contributed by atoms with E-state index in [9.17, 15) is 9.90 Å². The standard InChI is InChI=1S/C35H43N3O4S/c1-5-8-16-31-36-37-35(43-24-25-17-19-30(41-4)20-18-25)38(31)23-26-21-28(12-6-2)32(29(22-26)13-7-3)42-33(34(39)40)27-14-10-9-11-15-27/h9-11,14-15,17-22,33H,5-8,12-13,16,23-24H2,1-4H3,(H,39,40). The Labute approximate surface area is 259 Å². The Kier molecular flexibility index (Phi) is 12.1. The van der Waals surface area contributed by atoms with Gasteiger partial charge in [0.1, 0.15) is 17.3 Å². The van der Waals surface area contributed by atoms with Crippen molar-refractivity contribution in [2.45, 2.75) is 89.3 Å². The summed E-state index contributed by atoms with van der Waals surface area (Å²) in [6.45, 7) is 7.11. The van der Waals surface area contributed by atoms with Crippen molar-refractivity contribution in [1.82, 2.24) is 14.8 Å². The van der Waals surface area contributed by atoms with Gasteiger partial charge in [-0.15, -0.1) is 10.2 Å². The first kappa shape index (κ1) is 32.1. The number of thioether (sulfide) groups is 1. The molecule has 1 unspecified atom stereocenters. The van der Waals surface area contributed by atoms with E-state index in [0.717, 1.165) is 84.1 Å². The van der Waals surface area contributed by atoms with Crippen molar-refractivity contribution in [3.63, 3.8) is 0 Å². The van der Waals surface area contributed by atoms with Crippen molar-refractivity contribution in [3.8, 4) is 11.5 Å². The van der Waals surface area contributed by atoms with E-state index in [1.165, 1.54) is 5.56 Å². The van der Waals surface area contributed by atoms with Crippen molar-refractivity contribution < 1.29 is 19.4 Å². The number of methoxy groups -OCH3 is 1. The molecule has 7 nitrogen and oxygen atoms in total. The Balaban J connectivity index is 1.67. The molecule has 0 radical (unpaired) electrons. The number of aromatic nitrogens is 3. The van der Waals surface area contributed by atoms with Crippen LogP contribution in [0.2, 0.25) is 0 Å². The Bertz CT molecular complexity index is 1430. The van der Waals surface area contributed by atoms with Crippen LogP contribution in [0.1, 0.15) is 86.2 Å². The van der Waals surface area contributed by atoms with E-state index in [4.69, 9.17) is 9.47 Å². The van der Waals surface area contributed by atoms with Gasteiger partial charge in [-0.1, -0.05) is 106 Å². The zero-order valence-electron chi connectivity index (χ0n) is 25.7. The molecular weight excluding hydrogens is 558 g/mol. The summed E-state index contributed by atoms with van der Waals surface area (Å²) in [7, 11) is 1.67. The van der Waals surface area contributed by atoms with Crippen LogP contribution in [0.15, 0.2) is 71.9 Å². The molecule has 0 bridgehead atoms. The first-order chi connectivity index (χ1) is 21.0. The average Bonchev–Trinajstić information content (AvgIpc) is 3.40. The highest BCUT2D eigenvalue weighted by Crippen LogP contribution is 2.34. The Hall–Kier alpha value is -3.78. The maximum atomic E-state index is 12.3. The van der Waals surface area contributed by atoms with Gasteiger partial charge in [0.2, 0.25) is 6.10 Å². The lowest BCUT2D eigenvalue weighted by Gasteiger charge is -2.22. The van der Waals surface area contributed by atoms with E-state index < -0.39 is 12.1 Å². The van der Waals surface area contributed by atoms with E-state index in [-0.39, 0.29) is 0 Å². The fourth-order valence-electron chi connectivity index (χ4n) is 5.14. The van der Waals surface area contributed by atoms with Gasteiger partial charge in [0.25, 0.3) is 0 Å². The largest absolute Gasteiger partial charge is 0.497 e. The predicted octanol–water partition coefficient (Wildman–Crippen LogP) is 8.08. The third kappa shape index (κ3) is 8.63. The number of carboxylic acids is 1. The molecular formula is C35H43N3O4S. The van der Waals surface area contributed by atoms with Gasteiger partial charge < -0.3 is 19.1 Å². The van der Waals surface area contributed by atoms with Crippen LogP contribution in [0.4, 0.5) is 0 Å². The molecule has 0 spiro atoms. The predicted molar refractivity (Wildman–Crippen MR) is 172 cm³/mol. The number of carboxylic acid groups (broad SMARTS) is 1. The molecule has 4 aromatic rings. The number of benzene rings is 3. The molecule has 0 aliphatic heterocycles. The number of nitrogens with zero attached hydrogens (tertiary/aromatic N) is 3. The first-order valence-electron chi connectivity index (χ1n) is 15.2. The van der Waals surface area contributed by atoms with Gasteiger partial charge in [-0.2, -0.15) is 0 Å². The van der Waals surface area contributed by atoms with Gasteiger partial charge in [0.15, 0.2) is 5.16 Å². The quantitative estimate of drug-likeness (QED) is 0.122. The van der Waals surface area contributed by atoms with E-state index >= 15 is 0 Å². The molecule has 1 atom stereocenters. The molecule has 228 valence electrons. The molecule has 1 aromatic heterocycles. The summed E-state index contributed by atoms with van der Waals surface area (Å²) < 4.78 is 13.9. The number of hydrogen-bond donors (Lipinski definition) is 1. The lowest BCUT2D eigenvalue weighted by atomic mass is 9.97. The van der Waals surface area contributed by atoms with E-state index in [2.05, 4.69) is 59.8 Å². The minimum absolute atomic E-state index is 0.632. The molecule has 0 amide bonds. The third-order valence-electron chi connectivity index (χ3n) is 7.32. The van der Waals surface area contributed by atoms with Gasteiger partial charge in [-0.3, -0.25) is 0 Å². The second kappa shape index (κ2) is 16.2. The van der Waals surface area contributed by atoms with Crippen molar-refractivity contribution in [2.24, 2.45) is 0 Å². The number of ether oxygens (including phenoxy) is 2. The minimum Gasteiger partial charge on any atom is -0.497 e. The van der Waals surface area contributed by atoms with Gasteiger partial charge in [-0.05, 0) is 53.6 Å². The maximum absolute atomic E-state index is 12.3. The summed E-state index contributed by atoms with van der Waals surface area (Å²) >= 11 is 1.69. The summed E-state index contributed by atoms with van der Waals surface area (Å²) in [5.41, 5.74) is 5.06. The number of hydrogen-bond acceptors (Lipinski definition) is 6. The lowest BCUT2D eigenvalue weighted by Crippen LogP contribution is -2.20. The SMILES string of the molecule is CCCCc1nnc(SCc2ccc(OC)cc2)n1Cc1cc(CCC)c(OC(C(=O)O)c2ccccc2)c(CCC)c1. The first-order valence-corrected chi connectivity index (χ1v) is 16.2. The van der Waals surface area contributed by atoms with Crippen LogP contribution in [0, 0.1) is 0 Å². The van der Waals surface area contributed by atoms with Crippen LogP contribution in [0.25, 0.3) is 0 Å². The highest BCUT2D eigenvalue weighted by atomic mass is 32.2. The highest BCUT2D eigenvalue weighted by Gasteiger charge is 2.25. The van der Waals surface area contributed by atoms with Crippen LogP contribution in [-0.2, 0) is 36.4 Å². The number of aryl methyl sites for hydroxylation is 3. The molecule has 4 rings (SSSR count). The number of aliphatic carboxylic acids is 1. The van der Waals surface area contributed by atoms with E-state index in [0.29, 0.717) is 17.9 Å². The fourth-order valence-corrected chi connectivity index (χ4v) is 6.06. The molecule has 0 fully saturated rings. The number of unbranched alkanes of at least 4 members (excludes halogenated alkanes) is 1. The Morgan fingerprint density at radius 2 is 1.56 bits per heavy atom. The number of carbonyl (C=O) groups is 1. The summed E-state index contributed by atoms with van der Waals surface area (Å²) in [6.07, 6.45) is 5.37. The van der Waals surface area contributed by atoms with Gasteiger partial charge >= 0.3 is 5.97 Å². The van der Waals surface area contributed by atoms with E-state index in [1.807, 2.05) is 30.3 Å². The summed E-state index contributed by atoms with van der Waals surface area (Å²) in [5.74, 6) is 2.32. The molecule has 3 aromatic carbocycles. The molecule has 0 saturated heterocycles. The minimum atomic E-state index is -1.07. The monoisotopic (exact) mass is 601 g/mol. The fraction of sp³-hybridized carbons (Fsp3) is 0.400. The summed E-state index contributed by atoms with van der Waals surface area (Å²) in [4.78, 5) is 12.3. The zero-order chi connectivity index (χ0) is 30.6. The molecule has 1 heterocycles. The average molecular weight is 602 g/mol. The number of rotatable bonds is 17. The summed E-state index contributed by atoms with van der Waals surface area (Å²) in [5, 5.41) is 20.2. The molecule has 1 N–H and O–H groups in total. The molecule has 0 aliphatic carbocycles. The van der Waals surface area contributed by atoms with Crippen molar-refractivity contribution >= 4 is 17.7 Å². The third-order valence-corrected chi connectivity index (χ3v) is 8.36. The topological polar surface area (TPSA) is 86.5 Å². The van der Waals surface area contributed by atoms with Crippen LogP contribution < -0.4 is 9.47 Å². The zero-order valence-corrected chi connectivity index (χ0v) is 26.5. The molecule has 8 heteroatoms. The van der Waals surface area contributed by atoms with E-state index in [1.54, 1.807) is 31.0 Å². The maximum Gasteiger partial charge on any atom is 0.349 e.